The summed E-state index contributed by atoms with van der Waals surface area (Å²) >= 11 is 0. The van der Waals surface area contributed by atoms with Gasteiger partial charge in [0.25, 0.3) is 5.91 Å². The fourth-order valence-corrected chi connectivity index (χ4v) is 4.79. The fraction of sp³-hybridized carbons (Fsp3) is 0.458. The van der Waals surface area contributed by atoms with Gasteiger partial charge < -0.3 is 14.8 Å². The predicted molar refractivity (Wildman–Crippen MR) is 125 cm³/mol. The van der Waals surface area contributed by atoms with E-state index in [1.807, 2.05) is 31.2 Å². The number of sulfonamides is 1. The molecule has 3 rings (SSSR count). The molecule has 0 saturated carbocycles. The van der Waals surface area contributed by atoms with Crippen molar-refractivity contribution in [3.8, 4) is 5.75 Å². The Morgan fingerprint density at radius 3 is 2.31 bits per heavy atom. The molecule has 0 aliphatic carbocycles. The molecular formula is C24H32N2O5S. The quantitative estimate of drug-likeness (QED) is 0.710. The summed E-state index contributed by atoms with van der Waals surface area (Å²) in [5.41, 5.74) is 2.42. The molecule has 1 amide bonds. The highest BCUT2D eigenvalue weighted by molar-refractivity contribution is 7.89. The minimum absolute atomic E-state index is 0.0334. The first-order chi connectivity index (χ1) is 15.0. The minimum Gasteiger partial charge on any atom is -0.481 e. The Kier molecular flexibility index (Phi) is 7.27. The molecule has 0 aromatic heterocycles. The van der Waals surface area contributed by atoms with E-state index in [1.165, 1.54) is 15.9 Å². The van der Waals surface area contributed by atoms with E-state index >= 15 is 0 Å². The number of nitrogens with one attached hydrogen (secondary N) is 1. The molecule has 1 fully saturated rings. The summed E-state index contributed by atoms with van der Waals surface area (Å²) < 4.78 is 38.3. The first-order valence-electron chi connectivity index (χ1n) is 10.7. The van der Waals surface area contributed by atoms with Crippen molar-refractivity contribution in [1.29, 1.82) is 0 Å². The molecule has 1 aliphatic heterocycles. The smallest absolute Gasteiger partial charge is 0.265 e. The van der Waals surface area contributed by atoms with Crippen molar-refractivity contribution >= 4 is 21.6 Å². The van der Waals surface area contributed by atoms with E-state index in [2.05, 4.69) is 26.1 Å². The summed E-state index contributed by atoms with van der Waals surface area (Å²) in [5.74, 6) is 0.245. The Morgan fingerprint density at radius 2 is 1.72 bits per heavy atom. The molecule has 1 atom stereocenters. The number of hydrogen-bond acceptors (Lipinski definition) is 5. The summed E-state index contributed by atoms with van der Waals surface area (Å²) in [5, 5.41) is 2.81. The van der Waals surface area contributed by atoms with Gasteiger partial charge >= 0.3 is 0 Å². The molecule has 1 unspecified atom stereocenters. The van der Waals surface area contributed by atoms with Gasteiger partial charge in [0.1, 0.15) is 5.75 Å². The van der Waals surface area contributed by atoms with Gasteiger partial charge in [0.15, 0.2) is 6.10 Å². The monoisotopic (exact) mass is 460 g/mol. The van der Waals surface area contributed by atoms with Crippen molar-refractivity contribution in [2.24, 2.45) is 0 Å². The molecule has 0 bridgehead atoms. The van der Waals surface area contributed by atoms with E-state index in [9.17, 15) is 13.2 Å². The van der Waals surface area contributed by atoms with Crippen LogP contribution < -0.4 is 10.1 Å². The molecule has 0 radical (unpaired) electrons. The van der Waals surface area contributed by atoms with Gasteiger partial charge in [0, 0.05) is 18.8 Å². The van der Waals surface area contributed by atoms with Crippen LogP contribution in [0.2, 0.25) is 0 Å². The molecule has 7 nitrogen and oxygen atoms in total. The average molecular weight is 461 g/mol. The highest BCUT2D eigenvalue weighted by Gasteiger charge is 2.27. The van der Waals surface area contributed by atoms with Gasteiger partial charge in [-0.2, -0.15) is 4.31 Å². The van der Waals surface area contributed by atoms with Gasteiger partial charge in [0.05, 0.1) is 18.1 Å². The van der Waals surface area contributed by atoms with E-state index in [1.54, 1.807) is 19.1 Å². The zero-order valence-electron chi connectivity index (χ0n) is 19.3. The van der Waals surface area contributed by atoms with E-state index in [4.69, 9.17) is 9.47 Å². The standard InChI is InChI=1S/C24H32N2O5S/c1-17-6-11-21(32(28,29)26-12-14-30-15-13-26)16-22(17)25-23(27)18(2)31-20-9-7-19(8-10-20)24(3,4)5/h6-11,16,18H,12-15H2,1-5H3,(H,25,27). The number of morpholine rings is 1. The number of hydrogen-bond donors (Lipinski definition) is 1. The summed E-state index contributed by atoms with van der Waals surface area (Å²) in [6.45, 7) is 11.3. The van der Waals surface area contributed by atoms with Crippen LogP contribution in [0.5, 0.6) is 5.75 Å². The maximum absolute atomic E-state index is 12.9. The molecule has 2 aromatic carbocycles. The Balaban J connectivity index is 1.71. The van der Waals surface area contributed by atoms with Crippen molar-refractivity contribution in [2.45, 2.75) is 51.0 Å². The number of aryl methyl sites for hydroxylation is 1. The molecule has 1 aliphatic rings. The Morgan fingerprint density at radius 1 is 1.09 bits per heavy atom. The zero-order chi connectivity index (χ0) is 23.5. The molecule has 1 saturated heterocycles. The number of ether oxygens (including phenoxy) is 2. The van der Waals surface area contributed by atoms with Crippen LogP contribution in [0.4, 0.5) is 5.69 Å². The van der Waals surface area contributed by atoms with E-state index < -0.39 is 16.1 Å². The van der Waals surface area contributed by atoms with Crippen LogP contribution in [0.1, 0.15) is 38.8 Å². The van der Waals surface area contributed by atoms with Gasteiger partial charge in [-0.25, -0.2) is 8.42 Å². The van der Waals surface area contributed by atoms with E-state index in [0.29, 0.717) is 37.7 Å². The lowest BCUT2D eigenvalue weighted by atomic mass is 9.87. The maximum Gasteiger partial charge on any atom is 0.265 e. The summed E-state index contributed by atoms with van der Waals surface area (Å²) in [6, 6.07) is 12.4. The van der Waals surface area contributed by atoms with Crippen LogP contribution >= 0.6 is 0 Å². The third kappa shape index (κ3) is 5.68. The zero-order valence-corrected chi connectivity index (χ0v) is 20.2. The Hall–Kier alpha value is -2.42. The number of anilines is 1. The van der Waals surface area contributed by atoms with E-state index in [-0.39, 0.29) is 16.2 Å². The van der Waals surface area contributed by atoms with Crippen molar-refractivity contribution in [3.63, 3.8) is 0 Å². The second-order valence-corrected chi connectivity index (χ2v) is 11.0. The maximum atomic E-state index is 12.9. The van der Waals surface area contributed by atoms with E-state index in [0.717, 1.165) is 5.56 Å². The molecule has 174 valence electrons. The van der Waals surface area contributed by atoms with Gasteiger partial charge in [0.2, 0.25) is 10.0 Å². The lowest BCUT2D eigenvalue weighted by Crippen LogP contribution is -2.40. The first kappa shape index (κ1) is 24.2. The number of carbonyl (C=O) groups is 1. The Bertz CT molecular complexity index is 1050. The summed E-state index contributed by atoms with van der Waals surface area (Å²) in [6.07, 6.45) is -0.755. The molecule has 2 aromatic rings. The minimum atomic E-state index is -3.65. The SMILES string of the molecule is Cc1ccc(S(=O)(=O)N2CCOCC2)cc1NC(=O)C(C)Oc1ccc(C(C)(C)C)cc1. The molecule has 1 heterocycles. The van der Waals surface area contributed by atoms with Gasteiger partial charge in [-0.15, -0.1) is 0 Å². The van der Waals surface area contributed by atoms with Crippen molar-refractivity contribution in [2.75, 3.05) is 31.6 Å². The summed E-state index contributed by atoms with van der Waals surface area (Å²) in [4.78, 5) is 12.9. The van der Waals surface area contributed by atoms with Crippen LogP contribution in [0.15, 0.2) is 47.4 Å². The largest absolute Gasteiger partial charge is 0.481 e. The highest BCUT2D eigenvalue weighted by atomic mass is 32.2. The van der Waals surface area contributed by atoms with Crippen LogP contribution in [-0.4, -0.2) is 51.0 Å². The predicted octanol–water partition coefficient (Wildman–Crippen LogP) is 3.72. The third-order valence-electron chi connectivity index (χ3n) is 5.48. The van der Waals surface area contributed by atoms with Crippen LogP contribution in [-0.2, 0) is 25.0 Å². The Labute approximate surface area is 190 Å². The highest BCUT2D eigenvalue weighted by Crippen LogP contribution is 2.26. The normalized spacial score (nSPS) is 16.4. The molecule has 32 heavy (non-hydrogen) atoms. The second kappa shape index (κ2) is 9.60. The molecule has 8 heteroatoms. The third-order valence-corrected chi connectivity index (χ3v) is 7.37. The topological polar surface area (TPSA) is 84.9 Å². The lowest BCUT2D eigenvalue weighted by molar-refractivity contribution is -0.122. The average Bonchev–Trinajstić information content (AvgIpc) is 2.75. The number of rotatable bonds is 6. The number of carbonyl (C=O) groups excluding carboxylic acids is 1. The number of benzene rings is 2. The van der Waals surface area contributed by atoms with Crippen molar-refractivity contribution in [1.82, 2.24) is 4.31 Å². The number of nitrogens with zero attached hydrogens (tertiary/aromatic N) is 1. The lowest BCUT2D eigenvalue weighted by Gasteiger charge is -2.26. The van der Waals surface area contributed by atoms with Crippen LogP contribution in [0, 0.1) is 6.92 Å². The van der Waals surface area contributed by atoms with Crippen molar-refractivity contribution < 1.29 is 22.7 Å². The summed E-state index contributed by atoms with van der Waals surface area (Å²) in [7, 11) is -3.65. The number of amides is 1. The first-order valence-corrected chi connectivity index (χ1v) is 12.2. The van der Waals surface area contributed by atoms with Crippen molar-refractivity contribution in [3.05, 3.63) is 53.6 Å². The molecule has 1 N–H and O–H groups in total. The second-order valence-electron chi connectivity index (χ2n) is 9.02. The fourth-order valence-electron chi connectivity index (χ4n) is 3.36. The van der Waals surface area contributed by atoms with Gasteiger partial charge in [-0.05, 0) is 54.7 Å². The van der Waals surface area contributed by atoms with Gasteiger partial charge in [-0.1, -0.05) is 39.0 Å². The molecular weight excluding hydrogens is 428 g/mol. The van der Waals surface area contributed by atoms with Crippen LogP contribution in [0.3, 0.4) is 0 Å². The van der Waals surface area contributed by atoms with Gasteiger partial charge in [-0.3, -0.25) is 4.79 Å². The van der Waals surface area contributed by atoms with Crippen LogP contribution in [0.25, 0.3) is 0 Å². The molecule has 0 spiro atoms.